The zero-order chi connectivity index (χ0) is 14.7. The van der Waals surface area contributed by atoms with Gasteiger partial charge in [-0.3, -0.25) is 4.90 Å². The monoisotopic (exact) mass is 287 g/mol. The molecule has 1 atom stereocenters. The quantitative estimate of drug-likeness (QED) is 0.938. The molecule has 112 valence electrons. The second kappa shape index (κ2) is 6.33. The van der Waals surface area contributed by atoms with Crippen molar-refractivity contribution < 1.29 is 14.6 Å². The minimum atomic E-state index is 0.124. The number of likely N-dealkylation sites (N-methyl/N-ethyl adjacent to an activating group) is 1. The van der Waals surface area contributed by atoms with Crippen molar-refractivity contribution in [3.8, 4) is 11.5 Å². The minimum Gasteiger partial charge on any atom is -0.508 e. The Balaban J connectivity index is 1.65. The van der Waals surface area contributed by atoms with Crippen molar-refractivity contribution in [2.24, 2.45) is 0 Å². The number of hydrogen-bond donors (Lipinski definition) is 1. The second-order valence-electron chi connectivity index (χ2n) is 5.39. The third-order valence-electron chi connectivity index (χ3n) is 3.90. The summed E-state index contributed by atoms with van der Waals surface area (Å²) in [4.78, 5) is 2.37. The first-order valence-electron chi connectivity index (χ1n) is 7.44. The molecule has 1 aliphatic heterocycles. The fourth-order valence-corrected chi connectivity index (χ4v) is 2.66. The van der Waals surface area contributed by atoms with Crippen LogP contribution in [-0.2, 0) is 4.74 Å². The molecule has 3 rings (SSSR count). The van der Waals surface area contributed by atoms with Gasteiger partial charge in [0.25, 0.3) is 0 Å². The Kier molecular flexibility index (Phi) is 4.27. The van der Waals surface area contributed by atoms with Gasteiger partial charge in [-0.05, 0) is 41.6 Å². The molecule has 1 heterocycles. The second-order valence-corrected chi connectivity index (χ2v) is 5.39. The predicted molar refractivity (Wildman–Crippen MR) is 83.0 cm³/mol. The highest BCUT2D eigenvalue weighted by Crippen LogP contribution is 2.24. The summed E-state index contributed by atoms with van der Waals surface area (Å²) < 4.78 is 11.6. The summed E-state index contributed by atoms with van der Waals surface area (Å²) in [6.45, 7) is 6.47. The number of phenolic OH excluding ortho intramolecular Hbond substituents is 1. The van der Waals surface area contributed by atoms with Gasteiger partial charge in [-0.2, -0.15) is 0 Å². The van der Waals surface area contributed by atoms with Gasteiger partial charge in [-0.15, -0.1) is 0 Å². The average Bonchev–Trinajstić information content (AvgIpc) is 2.52. The highest BCUT2D eigenvalue weighted by atomic mass is 16.5. The maximum Gasteiger partial charge on any atom is 0.120 e. The van der Waals surface area contributed by atoms with Crippen molar-refractivity contribution in [2.75, 3.05) is 32.8 Å². The number of phenols is 1. The Hall–Kier alpha value is -1.78. The highest BCUT2D eigenvalue weighted by Gasteiger charge is 2.19. The van der Waals surface area contributed by atoms with Crippen LogP contribution in [0.25, 0.3) is 10.8 Å². The van der Waals surface area contributed by atoms with Crippen LogP contribution in [0.1, 0.15) is 6.92 Å². The van der Waals surface area contributed by atoms with Gasteiger partial charge >= 0.3 is 0 Å². The number of morpholine rings is 1. The van der Waals surface area contributed by atoms with E-state index < -0.39 is 0 Å². The molecule has 0 aliphatic carbocycles. The molecule has 1 fully saturated rings. The molecule has 1 N–H and O–H groups in total. The number of fused-ring (bicyclic) bond motifs is 1. The highest BCUT2D eigenvalue weighted by molar-refractivity contribution is 5.85. The van der Waals surface area contributed by atoms with Gasteiger partial charge in [-0.25, -0.2) is 0 Å². The summed E-state index contributed by atoms with van der Waals surface area (Å²) in [5.74, 6) is 1.08. The van der Waals surface area contributed by atoms with Gasteiger partial charge in [0.05, 0.1) is 6.61 Å². The van der Waals surface area contributed by atoms with Crippen LogP contribution in [0.5, 0.6) is 11.5 Å². The van der Waals surface area contributed by atoms with E-state index in [1.807, 2.05) is 24.3 Å². The summed E-state index contributed by atoms with van der Waals surface area (Å²) in [5.41, 5.74) is 0. The molecule has 2 aromatic rings. The van der Waals surface area contributed by atoms with E-state index in [9.17, 15) is 5.11 Å². The summed E-state index contributed by atoms with van der Waals surface area (Å²) >= 11 is 0. The molecular formula is C17H21NO3. The van der Waals surface area contributed by atoms with E-state index in [2.05, 4.69) is 11.8 Å². The number of aromatic hydroxyl groups is 1. The fraction of sp³-hybridized carbons (Fsp3) is 0.412. The van der Waals surface area contributed by atoms with E-state index in [4.69, 9.17) is 9.47 Å². The normalized spacial score (nSPS) is 19.8. The largest absolute Gasteiger partial charge is 0.508 e. The number of ether oxygens (including phenoxy) is 2. The Morgan fingerprint density at radius 3 is 2.95 bits per heavy atom. The van der Waals surface area contributed by atoms with Crippen molar-refractivity contribution in [3.63, 3.8) is 0 Å². The molecule has 1 saturated heterocycles. The number of benzene rings is 2. The van der Waals surface area contributed by atoms with E-state index in [1.54, 1.807) is 12.1 Å². The van der Waals surface area contributed by atoms with Gasteiger partial charge in [0, 0.05) is 13.1 Å². The first kappa shape index (κ1) is 14.2. The Bertz CT molecular complexity index is 614. The molecule has 0 radical (unpaired) electrons. The topological polar surface area (TPSA) is 41.9 Å². The van der Waals surface area contributed by atoms with Gasteiger partial charge in [-0.1, -0.05) is 19.1 Å². The minimum absolute atomic E-state index is 0.124. The summed E-state index contributed by atoms with van der Waals surface area (Å²) in [7, 11) is 0. The zero-order valence-electron chi connectivity index (χ0n) is 12.3. The van der Waals surface area contributed by atoms with Crippen LogP contribution in [0.15, 0.2) is 36.4 Å². The molecule has 4 nitrogen and oxygen atoms in total. The standard InChI is InChI=1S/C17H21NO3/c1-2-18-7-8-20-17(11-18)12-21-16-6-4-13-3-5-15(19)9-14(13)10-16/h3-6,9-10,17,19H,2,7-8,11-12H2,1H3. The van der Waals surface area contributed by atoms with E-state index >= 15 is 0 Å². The molecule has 0 spiro atoms. The number of rotatable bonds is 4. The molecule has 2 aromatic carbocycles. The van der Waals surface area contributed by atoms with Gasteiger partial charge in [0.2, 0.25) is 0 Å². The van der Waals surface area contributed by atoms with Crippen LogP contribution in [0.3, 0.4) is 0 Å². The molecule has 21 heavy (non-hydrogen) atoms. The maximum absolute atomic E-state index is 9.54. The van der Waals surface area contributed by atoms with E-state index in [0.717, 1.165) is 42.8 Å². The zero-order valence-corrected chi connectivity index (χ0v) is 12.3. The van der Waals surface area contributed by atoms with Crippen molar-refractivity contribution >= 4 is 10.8 Å². The number of nitrogens with zero attached hydrogens (tertiary/aromatic N) is 1. The van der Waals surface area contributed by atoms with Crippen molar-refractivity contribution in [1.29, 1.82) is 0 Å². The summed E-state index contributed by atoms with van der Waals surface area (Å²) in [5, 5.41) is 11.6. The molecule has 4 heteroatoms. The third-order valence-corrected chi connectivity index (χ3v) is 3.90. The lowest BCUT2D eigenvalue weighted by Crippen LogP contribution is -2.44. The number of hydrogen-bond acceptors (Lipinski definition) is 4. The molecule has 0 bridgehead atoms. The van der Waals surface area contributed by atoms with Crippen LogP contribution in [-0.4, -0.2) is 49.0 Å². The van der Waals surface area contributed by atoms with Crippen LogP contribution in [0, 0.1) is 0 Å². The lowest BCUT2D eigenvalue weighted by Gasteiger charge is -2.31. The van der Waals surface area contributed by atoms with E-state index in [-0.39, 0.29) is 11.9 Å². The fourth-order valence-electron chi connectivity index (χ4n) is 2.66. The van der Waals surface area contributed by atoms with E-state index in [0.29, 0.717) is 6.61 Å². The molecule has 1 unspecified atom stereocenters. The summed E-state index contributed by atoms with van der Waals surface area (Å²) in [6.07, 6.45) is 0.124. The van der Waals surface area contributed by atoms with Crippen molar-refractivity contribution in [2.45, 2.75) is 13.0 Å². The Labute approximate surface area is 124 Å². The first-order valence-corrected chi connectivity index (χ1v) is 7.44. The Morgan fingerprint density at radius 2 is 2.10 bits per heavy atom. The van der Waals surface area contributed by atoms with Crippen molar-refractivity contribution in [1.82, 2.24) is 4.90 Å². The lowest BCUT2D eigenvalue weighted by molar-refractivity contribution is -0.0463. The van der Waals surface area contributed by atoms with Crippen LogP contribution < -0.4 is 4.74 Å². The van der Waals surface area contributed by atoms with Gasteiger partial charge in [0.15, 0.2) is 0 Å². The maximum atomic E-state index is 9.54. The SMILES string of the molecule is CCN1CCOC(COc2ccc3ccc(O)cc3c2)C1. The molecular weight excluding hydrogens is 266 g/mol. The van der Waals surface area contributed by atoms with Crippen LogP contribution in [0.2, 0.25) is 0 Å². The third kappa shape index (κ3) is 3.46. The molecule has 0 aromatic heterocycles. The Morgan fingerprint density at radius 1 is 1.24 bits per heavy atom. The molecule has 0 amide bonds. The van der Waals surface area contributed by atoms with Gasteiger partial charge in [0.1, 0.15) is 24.2 Å². The molecule has 1 aliphatic rings. The first-order chi connectivity index (χ1) is 10.2. The van der Waals surface area contributed by atoms with E-state index in [1.165, 1.54) is 0 Å². The molecule has 0 saturated carbocycles. The average molecular weight is 287 g/mol. The lowest BCUT2D eigenvalue weighted by atomic mass is 10.1. The van der Waals surface area contributed by atoms with Crippen LogP contribution in [0.4, 0.5) is 0 Å². The summed E-state index contributed by atoms with van der Waals surface area (Å²) in [6, 6.07) is 11.3. The van der Waals surface area contributed by atoms with Crippen LogP contribution >= 0.6 is 0 Å². The smallest absolute Gasteiger partial charge is 0.120 e. The van der Waals surface area contributed by atoms with Gasteiger partial charge < -0.3 is 14.6 Å². The van der Waals surface area contributed by atoms with Crippen molar-refractivity contribution in [3.05, 3.63) is 36.4 Å². The predicted octanol–water partition coefficient (Wildman–Crippen LogP) is 2.64.